The summed E-state index contributed by atoms with van der Waals surface area (Å²) in [5, 5.41) is 6.53. The molecule has 5 unspecified atom stereocenters. The average molecular weight is 322 g/mol. The van der Waals surface area contributed by atoms with Gasteiger partial charge in [0, 0.05) is 12.5 Å². The predicted molar refractivity (Wildman–Crippen MR) is 85.1 cm³/mol. The molecule has 0 bridgehead atoms. The van der Waals surface area contributed by atoms with Crippen molar-refractivity contribution < 1.29 is 18.7 Å². The van der Waals surface area contributed by atoms with Crippen molar-refractivity contribution in [1.29, 1.82) is 0 Å². The maximum absolute atomic E-state index is 12.1. The van der Waals surface area contributed by atoms with Gasteiger partial charge in [0.2, 0.25) is 0 Å². The standard InChI is InChI=1S/C17H26N2O4/c1-10(12-6-5-8-21-12)18-14-13(11-7-9-22-15(11)14)19-16(20)23-17(2,3)4/h5-6,8,10-11,13-15,18H,7,9H2,1-4H3,(H,19,20). The Kier molecular flexibility index (Phi) is 4.38. The Morgan fingerprint density at radius 2 is 2.17 bits per heavy atom. The third-order valence-corrected chi connectivity index (χ3v) is 4.48. The van der Waals surface area contributed by atoms with E-state index < -0.39 is 5.60 Å². The highest BCUT2D eigenvalue weighted by molar-refractivity contribution is 5.68. The van der Waals surface area contributed by atoms with Gasteiger partial charge in [-0.3, -0.25) is 0 Å². The normalized spacial score (nSPS) is 31.1. The lowest BCUT2D eigenvalue weighted by Crippen LogP contribution is -2.70. The zero-order valence-corrected chi connectivity index (χ0v) is 14.2. The van der Waals surface area contributed by atoms with Crippen molar-refractivity contribution in [3.05, 3.63) is 24.2 Å². The molecule has 0 aromatic carbocycles. The minimum Gasteiger partial charge on any atom is -0.468 e. The number of carbonyl (C=O) groups is 1. The van der Waals surface area contributed by atoms with Gasteiger partial charge in [0.25, 0.3) is 0 Å². The summed E-state index contributed by atoms with van der Waals surface area (Å²) < 4.78 is 16.6. The third-order valence-electron chi connectivity index (χ3n) is 4.48. The van der Waals surface area contributed by atoms with E-state index in [1.54, 1.807) is 6.26 Å². The zero-order valence-electron chi connectivity index (χ0n) is 14.2. The van der Waals surface area contributed by atoms with Crippen LogP contribution in [0.5, 0.6) is 0 Å². The molecule has 6 heteroatoms. The summed E-state index contributed by atoms with van der Waals surface area (Å²) in [4.78, 5) is 12.1. The van der Waals surface area contributed by atoms with E-state index in [2.05, 4.69) is 10.6 Å². The number of hydrogen-bond donors (Lipinski definition) is 2. The van der Waals surface area contributed by atoms with Crippen LogP contribution in [0, 0.1) is 5.92 Å². The van der Waals surface area contributed by atoms with Crippen LogP contribution in [0.15, 0.2) is 22.8 Å². The summed E-state index contributed by atoms with van der Waals surface area (Å²) in [5.41, 5.74) is -0.496. The summed E-state index contributed by atoms with van der Waals surface area (Å²) in [6, 6.07) is 3.96. The number of ether oxygens (including phenoxy) is 2. The SMILES string of the molecule is CC(NC1C(NC(=O)OC(C)(C)C)C2CCOC21)c1ccco1. The van der Waals surface area contributed by atoms with Gasteiger partial charge in [0.1, 0.15) is 11.4 Å². The van der Waals surface area contributed by atoms with Crippen molar-refractivity contribution >= 4 is 6.09 Å². The van der Waals surface area contributed by atoms with Crippen molar-refractivity contribution in [3.63, 3.8) is 0 Å². The molecule has 1 saturated heterocycles. The van der Waals surface area contributed by atoms with Gasteiger partial charge >= 0.3 is 6.09 Å². The first-order chi connectivity index (χ1) is 10.8. The molecule has 1 aromatic rings. The van der Waals surface area contributed by atoms with Crippen molar-refractivity contribution in [1.82, 2.24) is 10.6 Å². The van der Waals surface area contributed by atoms with E-state index in [0.717, 1.165) is 18.8 Å². The lowest BCUT2D eigenvalue weighted by atomic mass is 9.71. The topological polar surface area (TPSA) is 72.7 Å². The van der Waals surface area contributed by atoms with Crippen LogP contribution in [-0.2, 0) is 9.47 Å². The largest absolute Gasteiger partial charge is 0.468 e. The van der Waals surface area contributed by atoms with Gasteiger partial charge < -0.3 is 24.5 Å². The second-order valence-electron chi connectivity index (χ2n) is 7.39. The fraction of sp³-hybridized carbons (Fsp3) is 0.706. The van der Waals surface area contributed by atoms with Gasteiger partial charge in [0.15, 0.2) is 0 Å². The van der Waals surface area contributed by atoms with Gasteiger partial charge in [-0.15, -0.1) is 0 Å². The van der Waals surface area contributed by atoms with Crippen LogP contribution >= 0.6 is 0 Å². The highest BCUT2D eigenvalue weighted by Gasteiger charge is 2.55. The van der Waals surface area contributed by atoms with Crippen LogP contribution in [-0.4, -0.2) is 36.5 Å². The van der Waals surface area contributed by atoms with E-state index in [0.29, 0.717) is 5.92 Å². The smallest absolute Gasteiger partial charge is 0.407 e. The summed E-state index contributed by atoms with van der Waals surface area (Å²) in [6.45, 7) is 8.39. The van der Waals surface area contributed by atoms with Crippen LogP contribution in [0.25, 0.3) is 0 Å². The molecule has 2 aliphatic rings. The second-order valence-corrected chi connectivity index (χ2v) is 7.39. The molecule has 1 aliphatic heterocycles. The molecule has 128 valence electrons. The number of carbonyl (C=O) groups excluding carboxylic acids is 1. The first-order valence-electron chi connectivity index (χ1n) is 8.26. The molecule has 1 aliphatic carbocycles. The monoisotopic (exact) mass is 322 g/mol. The molecular formula is C17H26N2O4. The molecule has 23 heavy (non-hydrogen) atoms. The van der Waals surface area contributed by atoms with Crippen molar-refractivity contribution in [3.8, 4) is 0 Å². The molecule has 3 rings (SSSR count). The minimum absolute atomic E-state index is 0.0229. The van der Waals surface area contributed by atoms with Gasteiger partial charge in [0.05, 0.1) is 30.5 Å². The Morgan fingerprint density at radius 1 is 1.39 bits per heavy atom. The van der Waals surface area contributed by atoms with E-state index >= 15 is 0 Å². The molecule has 1 amide bonds. The lowest BCUT2D eigenvalue weighted by Gasteiger charge is -2.48. The highest BCUT2D eigenvalue weighted by atomic mass is 16.6. The predicted octanol–water partition coefficient (Wildman–Crippen LogP) is 2.61. The highest BCUT2D eigenvalue weighted by Crippen LogP contribution is 2.40. The van der Waals surface area contributed by atoms with E-state index in [1.807, 2.05) is 39.8 Å². The van der Waals surface area contributed by atoms with Gasteiger partial charge in [-0.25, -0.2) is 4.79 Å². The Labute approximate surface area is 136 Å². The maximum Gasteiger partial charge on any atom is 0.407 e. The van der Waals surface area contributed by atoms with Crippen LogP contribution < -0.4 is 10.6 Å². The van der Waals surface area contributed by atoms with E-state index in [9.17, 15) is 4.79 Å². The van der Waals surface area contributed by atoms with Crippen molar-refractivity contribution in [2.24, 2.45) is 5.92 Å². The average Bonchev–Trinajstić information content (AvgIpc) is 3.10. The van der Waals surface area contributed by atoms with E-state index in [-0.39, 0.29) is 30.3 Å². The van der Waals surface area contributed by atoms with Gasteiger partial charge in [-0.1, -0.05) is 0 Å². The Hall–Kier alpha value is -1.53. The van der Waals surface area contributed by atoms with E-state index in [4.69, 9.17) is 13.9 Å². The number of hydrogen-bond acceptors (Lipinski definition) is 5. The quantitative estimate of drug-likeness (QED) is 0.891. The molecule has 1 saturated carbocycles. The maximum atomic E-state index is 12.1. The van der Waals surface area contributed by atoms with Crippen molar-refractivity contribution in [2.75, 3.05) is 6.61 Å². The molecule has 6 nitrogen and oxygen atoms in total. The Bertz CT molecular complexity index is 537. The fourth-order valence-corrected chi connectivity index (χ4v) is 3.45. The summed E-state index contributed by atoms with van der Waals surface area (Å²) in [5.74, 6) is 1.23. The fourth-order valence-electron chi connectivity index (χ4n) is 3.45. The summed E-state index contributed by atoms with van der Waals surface area (Å²) in [7, 11) is 0. The lowest BCUT2D eigenvalue weighted by molar-refractivity contribution is -0.0378. The molecular weight excluding hydrogens is 296 g/mol. The van der Waals surface area contributed by atoms with Crippen LogP contribution in [0.1, 0.15) is 45.9 Å². The number of furan rings is 1. The first-order valence-corrected chi connectivity index (χ1v) is 8.26. The molecule has 0 spiro atoms. The second kappa shape index (κ2) is 6.17. The number of amides is 1. The zero-order chi connectivity index (χ0) is 16.6. The van der Waals surface area contributed by atoms with Crippen LogP contribution in [0.4, 0.5) is 4.79 Å². The molecule has 2 fully saturated rings. The number of alkyl carbamates (subject to hydrolysis) is 1. The molecule has 5 atom stereocenters. The van der Waals surface area contributed by atoms with Crippen LogP contribution in [0.3, 0.4) is 0 Å². The van der Waals surface area contributed by atoms with Crippen molar-refractivity contribution in [2.45, 2.75) is 63.9 Å². The third kappa shape index (κ3) is 3.53. The Balaban J connectivity index is 1.62. The first kappa shape index (κ1) is 16.3. The van der Waals surface area contributed by atoms with Gasteiger partial charge in [-0.2, -0.15) is 0 Å². The Morgan fingerprint density at radius 3 is 2.83 bits per heavy atom. The number of fused-ring (bicyclic) bond motifs is 1. The van der Waals surface area contributed by atoms with Crippen LogP contribution in [0.2, 0.25) is 0 Å². The molecule has 2 heterocycles. The summed E-state index contributed by atoms with van der Waals surface area (Å²) >= 11 is 0. The van der Waals surface area contributed by atoms with Gasteiger partial charge in [-0.05, 0) is 46.2 Å². The molecule has 0 radical (unpaired) electrons. The molecule has 1 aromatic heterocycles. The molecule has 2 N–H and O–H groups in total. The van der Waals surface area contributed by atoms with E-state index in [1.165, 1.54) is 0 Å². The summed E-state index contributed by atoms with van der Waals surface area (Å²) in [6.07, 6.45) is 2.41. The minimum atomic E-state index is -0.496. The number of nitrogens with one attached hydrogen (secondary N) is 2. The number of rotatable bonds is 4.